The fourth-order valence-corrected chi connectivity index (χ4v) is 4.65. The first kappa shape index (κ1) is 20.8. The van der Waals surface area contributed by atoms with E-state index in [1.54, 1.807) is 4.90 Å². The summed E-state index contributed by atoms with van der Waals surface area (Å²) in [6.07, 6.45) is 9.51. The lowest BCUT2D eigenvalue weighted by Crippen LogP contribution is -2.48. The van der Waals surface area contributed by atoms with Gasteiger partial charge in [-0.15, -0.1) is 0 Å². The second-order valence-electron chi connectivity index (χ2n) is 8.81. The lowest BCUT2D eigenvalue weighted by molar-refractivity contribution is -0.125. The number of nitrogens with one attached hydrogen (secondary N) is 1. The molecule has 0 bridgehead atoms. The summed E-state index contributed by atoms with van der Waals surface area (Å²) in [7, 11) is 0. The van der Waals surface area contributed by atoms with E-state index >= 15 is 0 Å². The molecule has 1 aliphatic heterocycles. The van der Waals surface area contributed by atoms with Crippen LogP contribution in [0.25, 0.3) is 0 Å². The fraction of sp³-hybridized carbons (Fsp3) is 0.652. The van der Waals surface area contributed by atoms with E-state index in [0.29, 0.717) is 18.5 Å². The first-order valence-electron chi connectivity index (χ1n) is 10.8. The van der Waals surface area contributed by atoms with Gasteiger partial charge in [-0.1, -0.05) is 39.0 Å². The van der Waals surface area contributed by atoms with E-state index < -0.39 is 6.04 Å². The number of carbonyl (C=O) groups is 2. The predicted molar refractivity (Wildman–Crippen MR) is 108 cm³/mol. The van der Waals surface area contributed by atoms with Crippen LogP contribution in [0, 0.1) is 17.7 Å². The molecular weight excluding hydrogens is 355 g/mol. The van der Waals surface area contributed by atoms with E-state index in [2.05, 4.69) is 19.2 Å². The fourth-order valence-electron chi connectivity index (χ4n) is 4.65. The average Bonchev–Trinajstić information content (AvgIpc) is 3.09. The molecule has 2 amide bonds. The van der Waals surface area contributed by atoms with Crippen molar-refractivity contribution in [2.24, 2.45) is 11.8 Å². The van der Waals surface area contributed by atoms with Crippen molar-refractivity contribution < 1.29 is 14.0 Å². The monoisotopic (exact) mass is 388 g/mol. The molecule has 1 unspecified atom stereocenters. The number of rotatable bonds is 6. The smallest absolute Gasteiger partial charge is 0.254 e. The van der Waals surface area contributed by atoms with E-state index in [4.69, 9.17) is 0 Å². The van der Waals surface area contributed by atoms with Gasteiger partial charge in [-0.2, -0.15) is 0 Å². The van der Waals surface area contributed by atoms with Crippen LogP contribution in [0.4, 0.5) is 4.39 Å². The molecule has 2 aliphatic rings. The number of amides is 2. The van der Waals surface area contributed by atoms with Crippen molar-refractivity contribution >= 4 is 11.8 Å². The number of hydrogen-bond acceptors (Lipinski definition) is 2. The second-order valence-corrected chi connectivity index (χ2v) is 8.81. The van der Waals surface area contributed by atoms with Gasteiger partial charge in [0, 0.05) is 18.2 Å². The Hall–Kier alpha value is -1.91. The molecule has 3 rings (SSSR count). The second kappa shape index (κ2) is 9.53. The summed E-state index contributed by atoms with van der Waals surface area (Å²) in [6, 6.07) is 5.23. The third-order valence-electron chi connectivity index (χ3n) is 6.29. The zero-order valence-electron chi connectivity index (χ0n) is 17.1. The summed E-state index contributed by atoms with van der Waals surface area (Å²) >= 11 is 0. The summed E-state index contributed by atoms with van der Waals surface area (Å²) < 4.78 is 13.2. The van der Waals surface area contributed by atoms with Crippen molar-refractivity contribution in [3.63, 3.8) is 0 Å². The molecule has 1 N–H and O–H groups in total. The van der Waals surface area contributed by atoms with Crippen molar-refractivity contribution in [2.75, 3.05) is 6.54 Å². The van der Waals surface area contributed by atoms with Crippen LogP contribution in [0.3, 0.4) is 0 Å². The minimum absolute atomic E-state index is 0.0593. The van der Waals surface area contributed by atoms with Gasteiger partial charge in [0.2, 0.25) is 5.91 Å². The van der Waals surface area contributed by atoms with Crippen molar-refractivity contribution in [1.29, 1.82) is 0 Å². The first-order chi connectivity index (χ1) is 13.4. The van der Waals surface area contributed by atoms with Crippen LogP contribution >= 0.6 is 0 Å². The number of hydrogen-bond donors (Lipinski definition) is 1. The highest BCUT2D eigenvalue weighted by Gasteiger charge is 2.38. The Balaban J connectivity index is 1.56. The minimum Gasteiger partial charge on any atom is -0.352 e. The van der Waals surface area contributed by atoms with Crippen LogP contribution in [-0.2, 0) is 4.79 Å². The van der Waals surface area contributed by atoms with Crippen LogP contribution in [-0.4, -0.2) is 35.3 Å². The van der Waals surface area contributed by atoms with Gasteiger partial charge in [-0.05, 0) is 62.3 Å². The van der Waals surface area contributed by atoms with Crippen LogP contribution in [0.1, 0.15) is 75.6 Å². The number of benzene rings is 1. The molecule has 4 nitrogen and oxygen atoms in total. The Morgan fingerprint density at radius 2 is 1.86 bits per heavy atom. The Morgan fingerprint density at radius 1 is 1.18 bits per heavy atom. The number of halogens is 1. The maximum atomic E-state index is 13.2. The zero-order chi connectivity index (χ0) is 20.1. The Kier molecular flexibility index (Phi) is 7.08. The third kappa shape index (κ3) is 5.33. The van der Waals surface area contributed by atoms with Gasteiger partial charge >= 0.3 is 0 Å². The third-order valence-corrected chi connectivity index (χ3v) is 6.29. The van der Waals surface area contributed by atoms with Crippen LogP contribution in [0.5, 0.6) is 0 Å². The van der Waals surface area contributed by atoms with Gasteiger partial charge in [0.15, 0.2) is 0 Å². The van der Waals surface area contributed by atoms with E-state index in [-0.39, 0.29) is 29.6 Å². The molecule has 0 aromatic heterocycles. The van der Waals surface area contributed by atoms with E-state index in [1.807, 2.05) is 0 Å². The summed E-state index contributed by atoms with van der Waals surface area (Å²) in [5.41, 5.74) is 0.429. The molecule has 1 heterocycles. The zero-order valence-corrected chi connectivity index (χ0v) is 17.1. The first-order valence-corrected chi connectivity index (χ1v) is 10.8. The van der Waals surface area contributed by atoms with Gasteiger partial charge in [0.1, 0.15) is 11.9 Å². The van der Waals surface area contributed by atoms with Gasteiger partial charge in [-0.25, -0.2) is 4.39 Å². The standard InChI is InChI=1S/C23H33FN2O2/c1-16-14-21(26(15-16)23(28)19-10-12-20(24)13-11-19)22(27)25-17(2)8-9-18-6-4-3-5-7-18/h10-13,16-18,21H,3-9,14-15H2,1-2H3,(H,25,27)/t16?,17-,21+/m1/s1. The van der Waals surface area contributed by atoms with Crippen molar-refractivity contribution in [1.82, 2.24) is 10.2 Å². The maximum absolute atomic E-state index is 13.2. The molecule has 1 aromatic carbocycles. The molecule has 1 saturated heterocycles. The quantitative estimate of drug-likeness (QED) is 0.778. The minimum atomic E-state index is -0.440. The molecular formula is C23H33FN2O2. The summed E-state index contributed by atoms with van der Waals surface area (Å²) in [6.45, 7) is 4.68. The normalized spacial score (nSPS) is 24.2. The van der Waals surface area contributed by atoms with Crippen molar-refractivity contribution in [2.45, 2.75) is 77.3 Å². The van der Waals surface area contributed by atoms with Crippen molar-refractivity contribution in [3.8, 4) is 0 Å². The van der Waals surface area contributed by atoms with Gasteiger partial charge < -0.3 is 10.2 Å². The molecule has 1 aliphatic carbocycles. The van der Waals surface area contributed by atoms with Gasteiger partial charge in [0.05, 0.1) is 0 Å². The highest BCUT2D eigenvalue weighted by molar-refractivity contribution is 5.98. The molecule has 0 spiro atoms. The number of carbonyl (C=O) groups excluding carboxylic acids is 2. The van der Waals surface area contributed by atoms with Gasteiger partial charge in [-0.3, -0.25) is 9.59 Å². The molecule has 1 aromatic rings. The molecule has 28 heavy (non-hydrogen) atoms. The van der Waals surface area contributed by atoms with Crippen molar-refractivity contribution in [3.05, 3.63) is 35.6 Å². The highest BCUT2D eigenvalue weighted by Crippen LogP contribution is 2.28. The number of nitrogens with zero attached hydrogens (tertiary/aromatic N) is 1. The molecule has 3 atom stereocenters. The Labute approximate surface area is 167 Å². The highest BCUT2D eigenvalue weighted by atomic mass is 19.1. The SMILES string of the molecule is CC1C[C@@H](C(=O)N[C@H](C)CCC2CCCCC2)N(C(=O)c2ccc(F)cc2)C1. The van der Waals surface area contributed by atoms with Crippen LogP contribution < -0.4 is 5.32 Å². The average molecular weight is 389 g/mol. The largest absolute Gasteiger partial charge is 0.352 e. The number of likely N-dealkylation sites (tertiary alicyclic amines) is 1. The lowest BCUT2D eigenvalue weighted by atomic mass is 9.85. The molecule has 154 valence electrons. The van der Waals surface area contributed by atoms with Gasteiger partial charge in [0.25, 0.3) is 5.91 Å². The van der Waals surface area contributed by atoms with E-state index in [0.717, 1.165) is 12.3 Å². The topological polar surface area (TPSA) is 49.4 Å². The maximum Gasteiger partial charge on any atom is 0.254 e. The van der Waals surface area contributed by atoms with Crippen LogP contribution in [0.15, 0.2) is 24.3 Å². The van der Waals surface area contributed by atoms with E-state index in [1.165, 1.54) is 62.8 Å². The lowest BCUT2D eigenvalue weighted by Gasteiger charge is -2.27. The Bertz CT molecular complexity index is 670. The molecule has 1 saturated carbocycles. The molecule has 0 radical (unpaired) electrons. The molecule has 5 heteroatoms. The summed E-state index contributed by atoms with van der Waals surface area (Å²) in [5, 5.41) is 3.13. The van der Waals surface area contributed by atoms with Crippen LogP contribution in [0.2, 0.25) is 0 Å². The summed E-state index contributed by atoms with van der Waals surface area (Å²) in [5.74, 6) is 0.455. The molecule has 2 fully saturated rings. The van der Waals surface area contributed by atoms with E-state index in [9.17, 15) is 14.0 Å². The Morgan fingerprint density at radius 3 is 2.54 bits per heavy atom. The summed E-state index contributed by atoms with van der Waals surface area (Å²) in [4.78, 5) is 27.4. The predicted octanol–water partition coefficient (Wildman–Crippen LogP) is 4.54.